The van der Waals surface area contributed by atoms with Crippen molar-refractivity contribution in [2.45, 2.75) is 38.8 Å². The summed E-state index contributed by atoms with van der Waals surface area (Å²) in [7, 11) is 1.66. The molecule has 0 saturated carbocycles. The second kappa shape index (κ2) is 5.71. The normalized spacial score (nSPS) is 22.2. The average molecular weight is 253 g/mol. The van der Waals surface area contributed by atoms with E-state index in [4.69, 9.17) is 15.2 Å². The number of nitrogens with zero attached hydrogens (tertiary/aromatic N) is 2. The van der Waals surface area contributed by atoms with Gasteiger partial charge in [0, 0.05) is 18.6 Å². The van der Waals surface area contributed by atoms with Gasteiger partial charge in [-0.1, -0.05) is 0 Å². The molecule has 18 heavy (non-hydrogen) atoms. The Morgan fingerprint density at radius 3 is 2.89 bits per heavy atom. The molecule has 1 aromatic rings. The second-order valence-electron chi connectivity index (χ2n) is 5.14. The van der Waals surface area contributed by atoms with Crippen molar-refractivity contribution in [2.24, 2.45) is 11.7 Å². The Morgan fingerprint density at radius 2 is 2.33 bits per heavy atom. The van der Waals surface area contributed by atoms with Crippen LogP contribution in [0.4, 0.5) is 0 Å². The monoisotopic (exact) mass is 253 g/mol. The van der Waals surface area contributed by atoms with E-state index in [9.17, 15) is 0 Å². The highest BCUT2D eigenvalue weighted by molar-refractivity contribution is 5.29. The topological polar surface area (TPSA) is 62.3 Å². The molecule has 0 amide bonds. The smallest absolute Gasteiger partial charge is 0.161 e. The highest BCUT2D eigenvalue weighted by atomic mass is 16.5. The fourth-order valence-electron chi connectivity index (χ4n) is 2.51. The minimum atomic E-state index is -0.0786. The van der Waals surface area contributed by atoms with E-state index >= 15 is 0 Å². The van der Waals surface area contributed by atoms with Gasteiger partial charge in [-0.25, -0.2) is 0 Å². The van der Waals surface area contributed by atoms with Crippen LogP contribution in [0.25, 0.3) is 0 Å². The standard InChI is InChI=1S/C13H23N3O2/c1-9(2)16-13(11(17-3)7-15-16)12(14)10-5-4-6-18-8-10/h7,9-10,12H,4-6,8,14H2,1-3H3. The maximum atomic E-state index is 6.41. The van der Waals surface area contributed by atoms with E-state index in [1.165, 1.54) is 0 Å². The molecule has 0 radical (unpaired) electrons. The van der Waals surface area contributed by atoms with Gasteiger partial charge >= 0.3 is 0 Å². The number of hydrogen-bond acceptors (Lipinski definition) is 4. The first kappa shape index (κ1) is 13.4. The van der Waals surface area contributed by atoms with E-state index in [1.54, 1.807) is 13.3 Å². The first-order chi connectivity index (χ1) is 8.65. The lowest BCUT2D eigenvalue weighted by Gasteiger charge is -2.29. The molecular weight excluding hydrogens is 230 g/mol. The number of ether oxygens (including phenoxy) is 2. The van der Waals surface area contributed by atoms with Gasteiger partial charge in [-0.2, -0.15) is 5.10 Å². The third-order valence-electron chi connectivity index (χ3n) is 3.53. The van der Waals surface area contributed by atoms with Crippen molar-refractivity contribution in [3.05, 3.63) is 11.9 Å². The third-order valence-corrected chi connectivity index (χ3v) is 3.53. The van der Waals surface area contributed by atoms with Gasteiger partial charge in [-0.05, 0) is 26.7 Å². The minimum absolute atomic E-state index is 0.0786. The molecule has 1 fully saturated rings. The number of hydrogen-bond donors (Lipinski definition) is 1. The van der Waals surface area contributed by atoms with Crippen LogP contribution in [-0.2, 0) is 4.74 Å². The summed E-state index contributed by atoms with van der Waals surface area (Å²) in [5, 5.41) is 4.37. The summed E-state index contributed by atoms with van der Waals surface area (Å²) in [4.78, 5) is 0. The van der Waals surface area contributed by atoms with Crippen molar-refractivity contribution < 1.29 is 9.47 Å². The number of aromatic nitrogens is 2. The zero-order valence-corrected chi connectivity index (χ0v) is 11.4. The summed E-state index contributed by atoms with van der Waals surface area (Å²) in [5.41, 5.74) is 7.40. The fraction of sp³-hybridized carbons (Fsp3) is 0.769. The lowest BCUT2D eigenvalue weighted by molar-refractivity contribution is 0.0431. The molecule has 2 unspecified atom stereocenters. The van der Waals surface area contributed by atoms with Crippen LogP contribution in [0.5, 0.6) is 5.75 Å². The number of nitrogens with two attached hydrogens (primary N) is 1. The Balaban J connectivity index is 2.26. The average Bonchev–Trinajstić information content (AvgIpc) is 2.82. The van der Waals surface area contributed by atoms with E-state index in [0.29, 0.717) is 5.92 Å². The molecule has 0 spiro atoms. The van der Waals surface area contributed by atoms with Crippen LogP contribution in [0.1, 0.15) is 44.5 Å². The summed E-state index contributed by atoms with van der Waals surface area (Å²) >= 11 is 0. The van der Waals surface area contributed by atoms with E-state index < -0.39 is 0 Å². The van der Waals surface area contributed by atoms with E-state index in [2.05, 4.69) is 18.9 Å². The van der Waals surface area contributed by atoms with Crippen molar-refractivity contribution in [3.8, 4) is 5.75 Å². The van der Waals surface area contributed by atoms with Gasteiger partial charge in [-0.3, -0.25) is 4.68 Å². The first-order valence-corrected chi connectivity index (χ1v) is 6.59. The lowest BCUT2D eigenvalue weighted by atomic mass is 9.92. The van der Waals surface area contributed by atoms with Crippen molar-refractivity contribution in [3.63, 3.8) is 0 Å². The number of methoxy groups -OCH3 is 1. The molecule has 0 aliphatic carbocycles. The van der Waals surface area contributed by atoms with Crippen LogP contribution in [-0.4, -0.2) is 30.1 Å². The summed E-state index contributed by atoms with van der Waals surface area (Å²) in [6.45, 7) is 5.78. The van der Waals surface area contributed by atoms with Gasteiger partial charge in [0.05, 0.1) is 31.6 Å². The Kier molecular flexibility index (Phi) is 4.24. The van der Waals surface area contributed by atoms with Crippen molar-refractivity contribution in [2.75, 3.05) is 20.3 Å². The molecule has 1 saturated heterocycles. The first-order valence-electron chi connectivity index (χ1n) is 6.59. The van der Waals surface area contributed by atoms with Gasteiger partial charge in [0.25, 0.3) is 0 Å². The largest absolute Gasteiger partial charge is 0.493 e. The summed E-state index contributed by atoms with van der Waals surface area (Å²) < 4.78 is 12.9. The predicted molar refractivity (Wildman–Crippen MR) is 69.6 cm³/mol. The molecule has 5 heteroatoms. The molecular formula is C13H23N3O2. The Morgan fingerprint density at radius 1 is 1.56 bits per heavy atom. The van der Waals surface area contributed by atoms with E-state index in [-0.39, 0.29) is 12.1 Å². The molecule has 1 aliphatic heterocycles. The maximum Gasteiger partial charge on any atom is 0.161 e. The Bertz CT molecular complexity index is 384. The molecule has 2 rings (SSSR count). The minimum Gasteiger partial charge on any atom is -0.493 e. The summed E-state index contributed by atoms with van der Waals surface area (Å²) in [6, 6.07) is 0.199. The lowest BCUT2D eigenvalue weighted by Crippen LogP contribution is -2.31. The van der Waals surface area contributed by atoms with Crippen LogP contribution < -0.4 is 10.5 Å². The summed E-state index contributed by atoms with van der Waals surface area (Å²) in [6.07, 6.45) is 3.93. The van der Waals surface area contributed by atoms with Crippen LogP contribution in [0.15, 0.2) is 6.20 Å². The highest BCUT2D eigenvalue weighted by Crippen LogP contribution is 2.33. The molecule has 2 heterocycles. The molecule has 0 aromatic carbocycles. The Hall–Kier alpha value is -1.07. The molecule has 102 valence electrons. The summed E-state index contributed by atoms with van der Waals surface area (Å²) in [5.74, 6) is 1.13. The molecule has 1 aliphatic rings. The number of rotatable bonds is 4. The molecule has 1 aromatic heterocycles. The SMILES string of the molecule is COc1cnn(C(C)C)c1C(N)C1CCCOC1. The highest BCUT2D eigenvalue weighted by Gasteiger charge is 2.28. The van der Waals surface area contributed by atoms with Crippen LogP contribution >= 0.6 is 0 Å². The van der Waals surface area contributed by atoms with E-state index in [1.807, 2.05) is 4.68 Å². The van der Waals surface area contributed by atoms with Crippen LogP contribution in [0.3, 0.4) is 0 Å². The molecule has 2 N–H and O–H groups in total. The maximum absolute atomic E-state index is 6.41. The molecule has 2 atom stereocenters. The zero-order chi connectivity index (χ0) is 13.1. The van der Waals surface area contributed by atoms with Gasteiger partial charge in [-0.15, -0.1) is 0 Å². The zero-order valence-electron chi connectivity index (χ0n) is 11.4. The molecule has 5 nitrogen and oxygen atoms in total. The van der Waals surface area contributed by atoms with Gasteiger partial charge < -0.3 is 15.2 Å². The van der Waals surface area contributed by atoms with Gasteiger partial charge in [0.1, 0.15) is 0 Å². The molecule has 0 bridgehead atoms. The second-order valence-corrected chi connectivity index (χ2v) is 5.14. The van der Waals surface area contributed by atoms with Crippen LogP contribution in [0.2, 0.25) is 0 Å². The van der Waals surface area contributed by atoms with Crippen molar-refractivity contribution >= 4 is 0 Å². The fourth-order valence-corrected chi connectivity index (χ4v) is 2.51. The Labute approximate surface area is 108 Å². The predicted octanol–water partition coefficient (Wildman–Crippen LogP) is 1.90. The van der Waals surface area contributed by atoms with Crippen LogP contribution in [0, 0.1) is 5.92 Å². The van der Waals surface area contributed by atoms with E-state index in [0.717, 1.165) is 37.5 Å². The van der Waals surface area contributed by atoms with Gasteiger partial charge in [0.15, 0.2) is 5.75 Å². The van der Waals surface area contributed by atoms with Crippen molar-refractivity contribution in [1.82, 2.24) is 9.78 Å². The van der Waals surface area contributed by atoms with Gasteiger partial charge in [0.2, 0.25) is 0 Å². The quantitative estimate of drug-likeness (QED) is 0.890. The van der Waals surface area contributed by atoms with Crippen molar-refractivity contribution in [1.29, 1.82) is 0 Å². The third kappa shape index (κ3) is 2.52.